The Kier molecular flexibility index (Phi) is 4.47. The van der Waals surface area contributed by atoms with E-state index in [1.807, 2.05) is 36.4 Å². The summed E-state index contributed by atoms with van der Waals surface area (Å²) in [6, 6.07) is 11.7. The van der Waals surface area contributed by atoms with Crippen molar-refractivity contribution in [3.63, 3.8) is 0 Å². The molecule has 2 aromatic carbocycles. The van der Waals surface area contributed by atoms with Crippen LogP contribution in [0.25, 0.3) is 10.8 Å². The van der Waals surface area contributed by atoms with Gasteiger partial charge in [-0.3, -0.25) is 14.4 Å². The zero-order chi connectivity index (χ0) is 17.3. The van der Waals surface area contributed by atoms with Crippen LogP contribution in [-0.2, 0) is 20.7 Å². The fourth-order valence-corrected chi connectivity index (χ4v) is 3.63. The molecule has 0 radical (unpaired) electrons. The Labute approximate surface area is 140 Å². The van der Waals surface area contributed by atoms with Gasteiger partial charge < -0.3 is 4.74 Å². The first kappa shape index (κ1) is 16.4. The molecule has 0 heterocycles. The summed E-state index contributed by atoms with van der Waals surface area (Å²) in [5.41, 5.74) is 1.64. The van der Waals surface area contributed by atoms with E-state index < -0.39 is 17.8 Å². The summed E-state index contributed by atoms with van der Waals surface area (Å²) in [4.78, 5) is 37.1. The van der Waals surface area contributed by atoms with Crippen LogP contribution in [-0.4, -0.2) is 24.1 Å². The molecule has 4 nitrogen and oxygen atoms in total. The number of esters is 1. The van der Waals surface area contributed by atoms with Gasteiger partial charge in [-0.25, -0.2) is 0 Å². The number of ether oxygens (including phenoxy) is 1. The third-order valence-electron chi connectivity index (χ3n) is 4.73. The van der Waals surface area contributed by atoms with Crippen molar-refractivity contribution in [2.24, 2.45) is 11.8 Å². The smallest absolute Gasteiger partial charge is 0.317 e. The summed E-state index contributed by atoms with van der Waals surface area (Å²) in [5, 5.41) is 2.16. The fourth-order valence-electron chi connectivity index (χ4n) is 3.63. The van der Waals surface area contributed by atoms with Crippen molar-refractivity contribution in [1.82, 2.24) is 0 Å². The van der Waals surface area contributed by atoms with Crippen molar-refractivity contribution < 1.29 is 19.1 Å². The van der Waals surface area contributed by atoms with Crippen LogP contribution in [0.4, 0.5) is 0 Å². The maximum Gasteiger partial charge on any atom is 0.317 e. The predicted octanol–water partition coefficient (Wildman–Crippen LogP) is 3.35. The van der Waals surface area contributed by atoms with E-state index in [4.69, 9.17) is 4.74 Å². The number of aryl methyl sites for hydroxylation is 1. The zero-order valence-corrected chi connectivity index (χ0v) is 13.9. The van der Waals surface area contributed by atoms with Crippen LogP contribution in [0.2, 0.25) is 0 Å². The van der Waals surface area contributed by atoms with Gasteiger partial charge in [0.15, 0.2) is 5.78 Å². The molecule has 0 amide bonds. The third kappa shape index (κ3) is 2.73. The molecule has 4 heteroatoms. The zero-order valence-electron chi connectivity index (χ0n) is 13.9. The van der Waals surface area contributed by atoms with Gasteiger partial charge in [0, 0.05) is 11.5 Å². The average Bonchev–Trinajstić information content (AvgIpc) is 2.57. The van der Waals surface area contributed by atoms with Crippen molar-refractivity contribution in [3.8, 4) is 0 Å². The van der Waals surface area contributed by atoms with Gasteiger partial charge in [-0.05, 0) is 43.0 Å². The number of ketones is 2. The molecular formula is C20H20O4. The Morgan fingerprint density at radius 1 is 1.21 bits per heavy atom. The van der Waals surface area contributed by atoms with E-state index >= 15 is 0 Å². The van der Waals surface area contributed by atoms with Crippen molar-refractivity contribution in [2.45, 2.75) is 26.7 Å². The molecular weight excluding hydrogens is 304 g/mol. The maximum absolute atomic E-state index is 13.0. The Hall–Kier alpha value is -2.49. The highest BCUT2D eigenvalue weighted by molar-refractivity contribution is 6.10. The van der Waals surface area contributed by atoms with Crippen LogP contribution < -0.4 is 0 Å². The summed E-state index contributed by atoms with van der Waals surface area (Å²) in [5.74, 6) is -2.66. The number of carbonyl (C=O) groups is 3. The van der Waals surface area contributed by atoms with Crippen molar-refractivity contribution >= 4 is 28.3 Å². The van der Waals surface area contributed by atoms with Crippen LogP contribution >= 0.6 is 0 Å². The number of hydrogen-bond donors (Lipinski definition) is 0. The Morgan fingerprint density at radius 2 is 1.96 bits per heavy atom. The minimum atomic E-state index is -1.00. The summed E-state index contributed by atoms with van der Waals surface area (Å²) in [6.45, 7) is 3.24. The number of Topliss-reactive ketones (excluding diaryl/α,β-unsaturated/α-hetero) is 2. The van der Waals surface area contributed by atoms with E-state index in [2.05, 4.69) is 0 Å². The summed E-state index contributed by atoms with van der Waals surface area (Å²) in [7, 11) is 0. The van der Waals surface area contributed by atoms with Crippen molar-refractivity contribution in [3.05, 3.63) is 47.5 Å². The van der Waals surface area contributed by atoms with E-state index in [1.54, 1.807) is 6.92 Å². The molecule has 0 N–H and O–H groups in total. The minimum Gasteiger partial charge on any atom is -0.465 e. The number of benzene rings is 2. The monoisotopic (exact) mass is 324 g/mol. The van der Waals surface area contributed by atoms with E-state index in [9.17, 15) is 14.4 Å². The lowest BCUT2D eigenvalue weighted by molar-refractivity contribution is -0.152. The van der Waals surface area contributed by atoms with E-state index in [-0.39, 0.29) is 18.2 Å². The van der Waals surface area contributed by atoms with Gasteiger partial charge in [-0.15, -0.1) is 0 Å². The molecule has 2 aromatic rings. The fraction of sp³-hybridized carbons (Fsp3) is 0.350. The maximum atomic E-state index is 13.0. The topological polar surface area (TPSA) is 60.4 Å². The summed E-state index contributed by atoms with van der Waals surface area (Å²) >= 11 is 0. The molecule has 1 aliphatic carbocycles. The molecule has 24 heavy (non-hydrogen) atoms. The van der Waals surface area contributed by atoms with Crippen LogP contribution in [0, 0.1) is 11.8 Å². The number of hydrogen-bond acceptors (Lipinski definition) is 4. The molecule has 0 aliphatic heterocycles. The van der Waals surface area contributed by atoms with Gasteiger partial charge in [0.05, 0.1) is 6.61 Å². The van der Waals surface area contributed by atoms with Crippen LogP contribution in [0.15, 0.2) is 36.4 Å². The Morgan fingerprint density at radius 3 is 2.67 bits per heavy atom. The first-order valence-corrected chi connectivity index (χ1v) is 8.26. The number of fused-ring (bicyclic) bond motifs is 3. The minimum absolute atomic E-state index is 0.129. The molecule has 0 saturated carbocycles. The second-order valence-corrected chi connectivity index (χ2v) is 6.16. The van der Waals surface area contributed by atoms with E-state index in [0.717, 1.165) is 16.3 Å². The quantitative estimate of drug-likeness (QED) is 0.639. The average molecular weight is 324 g/mol. The molecule has 0 bridgehead atoms. The van der Waals surface area contributed by atoms with Gasteiger partial charge in [-0.1, -0.05) is 36.4 Å². The lowest BCUT2D eigenvalue weighted by Gasteiger charge is -2.28. The van der Waals surface area contributed by atoms with Gasteiger partial charge >= 0.3 is 5.97 Å². The predicted molar refractivity (Wildman–Crippen MR) is 90.9 cm³/mol. The molecule has 0 aromatic heterocycles. The van der Waals surface area contributed by atoms with Crippen molar-refractivity contribution in [1.29, 1.82) is 0 Å². The summed E-state index contributed by atoms with van der Waals surface area (Å²) < 4.78 is 5.01. The SMILES string of the molecule is CCOC(=O)C(C(C)=O)C1CCc2c(ccc3ccccc23)C1=O. The highest BCUT2D eigenvalue weighted by Gasteiger charge is 2.41. The molecule has 0 fully saturated rings. The normalized spacial score (nSPS) is 18.1. The van der Waals surface area contributed by atoms with Crippen LogP contribution in [0.1, 0.15) is 36.2 Å². The van der Waals surface area contributed by atoms with Gasteiger partial charge in [0.1, 0.15) is 11.7 Å². The second kappa shape index (κ2) is 6.56. The molecule has 2 unspecified atom stereocenters. The Balaban J connectivity index is 2.01. The number of carbonyl (C=O) groups excluding carboxylic acids is 3. The van der Waals surface area contributed by atoms with E-state index in [0.29, 0.717) is 18.4 Å². The summed E-state index contributed by atoms with van der Waals surface area (Å²) in [6.07, 6.45) is 1.17. The molecule has 3 rings (SSSR count). The molecule has 124 valence electrons. The van der Waals surface area contributed by atoms with Crippen LogP contribution in [0.3, 0.4) is 0 Å². The van der Waals surface area contributed by atoms with Gasteiger partial charge in [0.2, 0.25) is 0 Å². The first-order chi connectivity index (χ1) is 11.5. The number of rotatable bonds is 4. The standard InChI is InChI=1S/C20H20O4/c1-3-24-20(23)18(12(2)21)17-11-10-15-14-7-5-4-6-13(14)8-9-16(15)19(17)22/h4-9,17-18H,3,10-11H2,1-2H3. The third-order valence-corrected chi connectivity index (χ3v) is 4.73. The highest BCUT2D eigenvalue weighted by atomic mass is 16.5. The lowest BCUT2D eigenvalue weighted by atomic mass is 9.73. The molecule has 0 saturated heterocycles. The molecule has 1 aliphatic rings. The first-order valence-electron chi connectivity index (χ1n) is 8.26. The molecule has 0 spiro atoms. The second-order valence-electron chi connectivity index (χ2n) is 6.16. The Bertz CT molecular complexity index is 821. The van der Waals surface area contributed by atoms with Gasteiger partial charge in [0.25, 0.3) is 0 Å². The highest BCUT2D eigenvalue weighted by Crippen LogP contribution is 2.35. The molecule has 2 atom stereocenters. The lowest BCUT2D eigenvalue weighted by Crippen LogP contribution is -2.38. The van der Waals surface area contributed by atoms with E-state index in [1.165, 1.54) is 6.92 Å². The largest absolute Gasteiger partial charge is 0.465 e. The van der Waals surface area contributed by atoms with Gasteiger partial charge in [-0.2, -0.15) is 0 Å². The van der Waals surface area contributed by atoms with Crippen molar-refractivity contribution in [2.75, 3.05) is 6.61 Å². The van der Waals surface area contributed by atoms with Crippen LogP contribution in [0.5, 0.6) is 0 Å².